The number of thiophene rings is 2. The van der Waals surface area contributed by atoms with Crippen molar-refractivity contribution in [3.05, 3.63) is 218 Å². The third kappa shape index (κ3) is 5.64. The van der Waals surface area contributed by atoms with Crippen molar-refractivity contribution in [2.45, 2.75) is 0 Å². The third-order valence-corrected chi connectivity index (χ3v) is 18.9. The van der Waals surface area contributed by atoms with Crippen molar-refractivity contribution in [1.29, 1.82) is 0 Å². The number of rotatable bonds is 4. The molecule has 0 amide bonds. The van der Waals surface area contributed by atoms with Crippen molar-refractivity contribution in [2.24, 2.45) is 0 Å². The zero-order valence-corrected chi connectivity index (χ0v) is 39.4. The van der Waals surface area contributed by atoms with Gasteiger partial charge in [0.2, 0.25) is 0 Å². The second-order valence-electron chi connectivity index (χ2n) is 17.8. The summed E-state index contributed by atoms with van der Waals surface area (Å²) >= 11 is 3.94. The van der Waals surface area contributed by atoms with Crippen LogP contribution in [0.1, 0.15) is 0 Å². The molecule has 0 saturated heterocycles. The van der Waals surface area contributed by atoms with Crippen molar-refractivity contribution in [2.75, 3.05) is 0 Å². The average Bonchev–Trinajstić information content (AvgIpc) is 4.07. The fraction of sp³-hybridized carbons (Fsp3) is 0. The summed E-state index contributed by atoms with van der Waals surface area (Å²) in [6.07, 6.45) is 0. The third-order valence-electron chi connectivity index (χ3n) is 14.2. The summed E-state index contributed by atoms with van der Waals surface area (Å²) in [5, 5.41) is 18.4. The van der Waals surface area contributed by atoms with Gasteiger partial charge in [0.25, 0.3) is 0 Å². The second-order valence-corrected chi connectivity index (χ2v) is 22.3. The summed E-state index contributed by atoms with van der Waals surface area (Å²) in [7, 11) is 0. The molecule has 0 aliphatic carbocycles. The summed E-state index contributed by atoms with van der Waals surface area (Å²) in [6, 6.07) is 82.7. The van der Waals surface area contributed by atoms with E-state index in [1.54, 1.807) is 0 Å². The van der Waals surface area contributed by atoms with Crippen molar-refractivity contribution in [3.8, 4) is 44.5 Å². The molecular weight excluding hydrogens is 912 g/mol. The van der Waals surface area contributed by atoms with Gasteiger partial charge < -0.3 is 0 Å². The Morgan fingerprint density at radius 2 is 0.522 bits per heavy atom. The van der Waals surface area contributed by atoms with Crippen LogP contribution in [0.3, 0.4) is 0 Å². The minimum absolute atomic E-state index is 0.182. The van der Waals surface area contributed by atoms with Gasteiger partial charge >= 0.3 is 344 Å². The summed E-state index contributed by atoms with van der Waals surface area (Å²) in [4.78, 5) is 0. The maximum atomic E-state index is 2.51. The predicted molar refractivity (Wildman–Crippen MR) is 296 cm³/mol. The van der Waals surface area contributed by atoms with Crippen LogP contribution in [0.15, 0.2) is 218 Å². The van der Waals surface area contributed by atoms with Crippen LogP contribution in [0, 0.1) is 0 Å². The Labute approximate surface area is 400 Å². The number of fused-ring (bicyclic) bond motifs is 13. The molecule has 12 aromatic carbocycles. The molecule has 0 fully saturated rings. The molecule has 0 nitrogen and oxygen atoms in total. The van der Waals surface area contributed by atoms with E-state index in [2.05, 4.69) is 218 Å². The Morgan fingerprint density at radius 3 is 0.940 bits per heavy atom. The van der Waals surface area contributed by atoms with E-state index in [4.69, 9.17) is 0 Å². The maximum absolute atomic E-state index is 2.51. The summed E-state index contributed by atoms with van der Waals surface area (Å²) in [5.41, 5.74) is 10.3. The van der Waals surface area contributed by atoms with Gasteiger partial charge in [-0.1, -0.05) is 30.3 Å². The van der Waals surface area contributed by atoms with Crippen molar-refractivity contribution < 1.29 is 0 Å². The zero-order valence-electron chi connectivity index (χ0n) is 36.0. The molecule has 0 atom stereocenters. The second kappa shape index (κ2) is 14.6. The number of hydrogen-bond acceptors (Lipinski definition) is 2. The van der Waals surface area contributed by atoms with Crippen LogP contribution in [-0.4, -0.2) is 14.5 Å². The first-order valence-electron chi connectivity index (χ1n) is 22.9. The Morgan fingerprint density at radius 1 is 0.209 bits per heavy atom. The number of hydrogen-bond donors (Lipinski definition) is 0. The van der Waals surface area contributed by atoms with Crippen LogP contribution in [0.2, 0.25) is 0 Å². The van der Waals surface area contributed by atoms with Crippen molar-refractivity contribution in [1.82, 2.24) is 0 Å². The zero-order chi connectivity index (χ0) is 43.7. The van der Waals surface area contributed by atoms with Crippen molar-refractivity contribution >= 4 is 140 Å². The Kier molecular flexibility index (Phi) is 8.22. The van der Waals surface area contributed by atoms with E-state index in [0.717, 1.165) is 0 Å². The Balaban J connectivity index is 0.898. The van der Waals surface area contributed by atoms with Gasteiger partial charge in [-0.2, -0.15) is 0 Å². The fourth-order valence-corrected chi connectivity index (χ4v) is 15.9. The van der Waals surface area contributed by atoms with E-state index in [1.165, 1.54) is 147 Å². The molecule has 0 saturated carbocycles. The van der Waals surface area contributed by atoms with Gasteiger partial charge in [0.05, 0.1) is 0 Å². The molecule has 0 spiro atoms. The Bertz CT molecular complexity index is 4470. The molecule has 67 heavy (non-hydrogen) atoms. The van der Waals surface area contributed by atoms with Crippen LogP contribution in [-0.2, 0) is 0 Å². The normalized spacial score (nSPS) is 12.2. The first-order chi connectivity index (χ1) is 33.2. The first-order valence-corrected chi connectivity index (χ1v) is 26.2. The molecule has 310 valence electrons. The molecule has 15 rings (SSSR count). The van der Waals surface area contributed by atoms with E-state index >= 15 is 0 Å². The van der Waals surface area contributed by atoms with E-state index < -0.39 is 0 Å². The van der Waals surface area contributed by atoms with E-state index in [0.29, 0.717) is 0 Å². The van der Waals surface area contributed by atoms with Crippen molar-refractivity contribution in [3.63, 3.8) is 0 Å². The molecule has 3 heteroatoms. The van der Waals surface area contributed by atoms with Gasteiger partial charge in [0.15, 0.2) is 0 Å². The van der Waals surface area contributed by atoms with Crippen LogP contribution < -0.4 is 0 Å². The van der Waals surface area contributed by atoms with Gasteiger partial charge in [0, 0.05) is 4.70 Å². The molecule has 15 aromatic rings. The molecular formula is C64H36S2Se. The molecule has 0 N–H and O–H groups in total. The molecule has 0 aliphatic rings. The monoisotopic (exact) mass is 948 g/mol. The van der Waals surface area contributed by atoms with Crippen LogP contribution in [0.25, 0.3) is 147 Å². The summed E-state index contributed by atoms with van der Waals surface area (Å²) < 4.78 is 8.24. The molecule has 3 aromatic heterocycles. The van der Waals surface area contributed by atoms with Crippen LogP contribution in [0.4, 0.5) is 0 Å². The van der Waals surface area contributed by atoms with Gasteiger partial charge in [-0.05, 0) is 12.1 Å². The fourth-order valence-electron chi connectivity index (χ4n) is 11.4. The average molecular weight is 948 g/mol. The number of benzene rings is 12. The quantitative estimate of drug-likeness (QED) is 0.122. The molecule has 0 radical (unpaired) electrons. The summed E-state index contributed by atoms with van der Waals surface area (Å²) in [5.74, 6) is 0. The minimum atomic E-state index is 0.182. The van der Waals surface area contributed by atoms with E-state index in [-0.39, 0.29) is 14.5 Å². The first kappa shape index (κ1) is 37.8. The van der Waals surface area contributed by atoms with Gasteiger partial charge in [0.1, 0.15) is 0 Å². The molecule has 0 bridgehead atoms. The van der Waals surface area contributed by atoms with Crippen LogP contribution in [0.5, 0.6) is 0 Å². The van der Waals surface area contributed by atoms with Gasteiger partial charge in [-0.15, -0.1) is 11.3 Å². The Hall–Kier alpha value is -7.36. The summed E-state index contributed by atoms with van der Waals surface area (Å²) in [6.45, 7) is 0. The van der Waals surface area contributed by atoms with E-state index in [1.807, 2.05) is 22.7 Å². The standard InChI is InChI=1S/C64H36S2Se/c1-3-17-46-44(15-1)61(37-26-30-57-52(33-37)41-13-9-11-23-55(41)65-57)45-16-2-4-18-47(45)63(46)39-28-32-59-54(35-39)43-29-25-40(36-60(43)67-59)64-50-21-7-5-19-48(50)62(49-20-6-8-22-51(49)64)38-27-31-58-53(34-38)42-14-10-12-24-56(42)66-58/h1-36H. The SMILES string of the molecule is c1ccc2c(c1)sc1ccc(-c3c4ccccc4c(-c4ccc5c(c4)[se]c4ccc(-c6c7ccccc7c(-c7ccc8sc9ccccc9c8c7)c7ccccc67)cc45)c4ccccc34)cc12. The molecule has 0 unspecified atom stereocenters. The van der Waals surface area contributed by atoms with Gasteiger partial charge in [-0.25, -0.2) is 0 Å². The topological polar surface area (TPSA) is 0 Å². The van der Waals surface area contributed by atoms with E-state index in [9.17, 15) is 0 Å². The van der Waals surface area contributed by atoms with Gasteiger partial charge in [-0.3, -0.25) is 0 Å². The molecule has 3 heterocycles. The van der Waals surface area contributed by atoms with Crippen LogP contribution >= 0.6 is 22.7 Å². The molecule has 0 aliphatic heterocycles. The predicted octanol–water partition coefficient (Wildman–Crippen LogP) is 19.1.